The molecule has 1 rings (SSSR count). The number of ether oxygens (including phenoxy) is 1. The summed E-state index contributed by atoms with van der Waals surface area (Å²) in [7, 11) is 1.18. The molecular formula is C10H12N2O4. The summed E-state index contributed by atoms with van der Waals surface area (Å²) in [6.45, 7) is 1.38. The quantitative estimate of drug-likeness (QED) is 0.468. The Balaban J connectivity index is 3.32. The normalized spacial score (nSPS) is 13.9. The van der Waals surface area contributed by atoms with Gasteiger partial charge in [-0.2, -0.15) is 0 Å². The van der Waals surface area contributed by atoms with Crippen molar-refractivity contribution >= 4 is 11.7 Å². The minimum atomic E-state index is -1.53. The third-order valence-electron chi connectivity index (χ3n) is 2.27. The molecule has 0 aliphatic heterocycles. The standard InChI is InChI=1S/C10H12N2O4/c1-10(11,9(13)16-2)7-5-3-4-6-8(7)12(14)15/h3-6H,11H2,1-2H3/t10-/m1/s1. The molecule has 0 saturated carbocycles. The number of rotatable bonds is 3. The van der Waals surface area contributed by atoms with Crippen LogP contribution in [0.15, 0.2) is 24.3 Å². The molecule has 0 unspecified atom stereocenters. The second-order valence-corrected chi connectivity index (χ2v) is 3.47. The lowest BCUT2D eigenvalue weighted by Gasteiger charge is -2.21. The van der Waals surface area contributed by atoms with Gasteiger partial charge in [0, 0.05) is 6.07 Å². The van der Waals surface area contributed by atoms with Crippen molar-refractivity contribution in [2.24, 2.45) is 5.73 Å². The van der Waals surface area contributed by atoms with Gasteiger partial charge in [-0.3, -0.25) is 10.1 Å². The van der Waals surface area contributed by atoms with Crippen LogP contribution in [-0.4, -0.2) is 18.0 Å². The van der Waals surface area contributed by atoms with Gasteiger partial charge in [0.15, 0.2) is 0 Å². The molecule has 0 aromatic heterocycles. The first-order valence-corrected chi connectivity index (χ1v) is 4.52. The van der Waals surface area contributed by atoms with E-state index in [4.69, 9.17) is 5.73 Å². The summed E-state index contributed by atoms with van der Waals surface area (Å²) >= 11 is 0. The molecule has 0 bridgehead atoms. The van der Waals surface area contributed by atoms with Crippen LogP contribution in [0.1, 0.15) is 12.5 Å². The van der Waals surface area contributed by atoms with Crippen molar-refractivity contribution in [2.45, 2.75) is 12.5 Å². The largest absolute Gasteiger partial charge is 0.467 e. The van der Waals surface area contributed by atoms with Crippen molar-refractivity contribution in [3.8, 4) is 0 Å². The summed E-state index contributed by atoms with van der Waals surface area (Å²) in [5, 5.41) is 10.8. The van der Waals surface area contributed by atoms with Crippen molar-refractivity contribution in [3.05, 3.63) is 39.9 Å². The van der Waals surface area contributed by atoms with Crippen LogP contribution in [0.2, 0.25) is 0 Å². The Kier molecular flexibility index (Phi) is 3.24. The fourth-order valence-electron chi connectivity index (χ4n) is 1.39. The second-order valence-electron chi connectivity index (χ2n) is 3.47. The van der Waals surface area contributed by atoms with E-state index in [1.54, 1.807) is 6.07 Å². The van der Waals surface area contributed by atoms with Crippen LogP contribution in [0.25, 0.3) is 0 Å². The lowest BCUT2D eigenvalue weighted by atomic mass is 9.92. The number of nitrogens with two attached hydrogens (primary N) is 1. The monoisotopic (exact) mass is 224 g/mol. The van der Waals surface area contributed by atoms with Crippen LogP contribution >= 0.6 is 0 Å². The van der Waals surface area contributed by atoms with Gasteiger partial charge >= 0.3 is 5.97 Å². The predicted octanol–water partition coefficient (Wildman–Crippen LogP) is 0.942. The summed E-state index contributed by atoms with van der Waals surface area (Å²) in [5.41, 5.74) is 4.16. The Hall–Kier alpha value is -1.95. The molecule has 0 spiro atoms. The van der Waals surface area contributed by atoms with Crippen molar-refractivity contribution in [1.82, 2.24) is 0 Å². The van der Waals surface area contributed by atoms with Gasteiger partial charge in [-0.05, 0) is 13.0 Å². The maximum atomic E-state index is 11.4. The molecule has 0 aliphatic carbocycles. The molecule has 6 heteroatoms. The number of methoxy groups -OCH3 is 1. The highest BCUT2D eigenvalue weighted by atomic mass is 16.6. The van der Waals surface area contributed by atoms with Crippen LogP contribution in [0.4, 0.5) is 5.69 Å². The number of esters is 1. The molecule has 1 aromatic carbocycles. The van der Waals surface area contributed by atoms with Gasteiger partial charge in [0.05, 0.1) is 17.6 Å². The molecule has 2 N–H and O–H groups in total. The minimum absolute atomic E-state index is 0.131. The van der Waals surface area contributed by atoms with E-state index in [1.165, 1.54) is 32.2 Å². The first-order valence-electron chi connectivity index (χ1n) is 4.52. The van der Waals surface area contributed by atoms with E-state index >= 15 is 0 Å². The summed E-state index contributed by atoms with van der Waals surface area (Å²) in [4.78, 5) is 21.6. The number of carbonyl (C=O) groups excluding carboxylic acids is 1. The molecule has 16 heavy (non-hydrogen) atoms. The molecule has 0 radical (unpaired) electrons. The molecule has 0 aliphatic rings. The van der Waals surface area contributed by atoms with E-state index in [0.29, 0.717) is 0 Å². The number of hydrogen-bond donors (Lipinski definition) is 1. The topological polar surface area (TPSA) is 95.5 Å². The van der Waals surface area contributed by atoms with Crippen LogP contribution in [0.5, 0.6) is 0 Å². The number of nitro benzene ring substituents is 1. The number of benzene rings is 1. The highest BCUT2D eigenvalue weighted by molar-refractivity contribution is 5.83. The number of nitrogens with zero attached hydrogens (tertiary/aromatic N) is 1. The molecule has 86 valence electrons. The Morgan fingerprint density at radius 3 is 2.56 bits per heavy atom. The third kappa shape index (κ3) is 2.01. The predicted molar refractivity (Wildman–Crippen MR) is 56.7 cm³/mol. The van der Waals surface area contributed by atoms with Gasteiger partial charge in [0.1, 0.15) is 5.54 Å². The first-order chi connectivity index (χ1) is 7.41. The zero-order valence-corrected chi connectivity index (χ0v) is 8.97. The second kappa shape index (κ2) is 4.28. The molecule has 0 amide bonds. The third-order valence-corrected chi connectivity index (χ3v) is 2.27. The van der Waals surface area contributed by atoms with Crippen LogP contribution < -0.4 is 5.73 Å². The number of para-hydroxylation sites is 1. The maximum absolute atomic E-state index is 11.4. The van der Waals surface area contributed by atoms with Crippen LogP contribution in [0, 0.1) is 10.1 Å². The van der Waals surface area contributed by atoms with Crippen molar-refractivity contribution < 1.29 is 14.5 Å². The minimum Gasteiger partial charge on any atom is -0.467 e. The Bertz CT molecular complexity index is 429. The molecule has 1 atom stereocenters. The van der Waals surface area contributed by atoms with E-state index in [2.05, 4.69) is 4.74 Å². The van der Waals surface area contributed by atoms with Gasteiger partial charge in [-0.25, -0.2) is 4.79 Å². The Labute approximate surface area is 92.2 Å². The Morgan fingerprint density at radius 2 is 2.06 bits per heavy atom. The highest BCUT2D eigenvalue weighted by Gasteiger charge is 2.37. The summed E-state index contributed by atoms with van der Waals surface area (Å²) < 4.78 is 4.52. The van der Waals surface area contributed by atoms with E-state index in [1.807, 2.05) is 0 Å². The van der Waals surface area contributed by atoms with Gasteiger partial charge < -0.3 is 10.5 Å². The molecule has 6 nitrogen and oxygen atoms in total. The van der Waals surface area contributed by atoms with Gasteiger partial charge in [0.25, 0.3) is 5.69 Å². The fourth-order valence-corrected chi connectivity index (χ4v) is 1.39. The zero-order valence-electron chi connectivity index (χ0n) is 8.97. The van der Waals surface area contributed by atoms with E-state index in [-0.39, 0.29) is 11.3 Å². The lowest BCUT2D eigenvalue weighted by Crippen LogP contribution is -2.43. The summed E-state index contributed by atoms with van der Waals surface area (Å²) in [6.07, 6.45) is 0. The van der Waals surface area contributed by atoms with E-state index in [0.717, 1.165) is 0 Å². The molecule has 0 saturated heterocycles. The number of nitro groups is 1. The van der Waals surface area contributed by atoms with E-state index in [9.17, 15) is 14.9 Å². The van der Waals surface area contributed by atoms with Gasteiger partial charge in [-0.15, -0.1) is 0 Å². The highest BCUT2D eigenvalue weighted by Crippen LogP contribution is 2.28. The van der Waals surface area contributed by atoms with Gasteiger partial charge in [0.2, 0.25) is 0 Å². The molecule has 1 aromatic rings. The Morgan fingerprint density at radius 1 is 1.50 bits per heavy atom. The van der Waals surface area contributed by atoms with Gasteiger partial charge in [-0.1, -0.05) is 12.1 Å². The average molecular weight is 224 g/mol. The molecule has 0 heterocycles. The molecule has 0 fully saturated rings. The number of hydrogen-bond acceptors (Lipinski definition) is 5. The van der Waals surface area contributed by atoms with Crippen LogP contribution in [-0.2, 0) is 15.1 Å². The first kappa shape index (κ1) is 12.1. The van der Waals surface area contributed by atoms with E-state index < -0.39 is 16.4 Å². The van der Waals surface area contributed by atoms with Crippen LogP contribution in [0.3, 0.4) is 0 Å². The average Bonchev–Trinajstić information content (AvgIpc) is 2.27. The summed E-state index contributed by atoms with van der Waals surface area (Å²) in [6, 6.07) is 5.82. The maximum Gasteiger partial charge on any atom is 0.330 e. The van der Waals surface area contributed by atoms with Crippen molar-refractivity contribution in [3.63, 3.8) is 0 Å². The summed E-state index contributed by atoms with van der Waals surface area (Å²) in [5.74, 6) is -0.721. The van der Waals surface area contributed by atoms with Crippen molar-refractivity contribution in [2.75, 3.05) is 7.11 Å². The SMILES string of the molecule is COC(=O)[C@](C)(N)c1ccccc1[N+](=O)[O-]. The fraction of sp³-hybridized carbons (Fsp3) is 0.300. The smallest absolute Gasteiger partial charge is 0.330 e. The number of carbonyl (C=O) groups is 1. The molecular weight excluding hydrogens is 212 g/mol. The lowest BCUT2D eigenvalue weighted by molar-refractivity contribution is -0.386. The van der Waals surface area contributed by atoms with Crippen molar-refractivity contribution in [1.29, 1.82) is 0 Å². The zero-order chi connectivity index (χ0) is 12.3.